The molecule has 1 aliphatic heterocycles. The summed E-state index contributed by atoms with van der Waals surface area (Å²) in [6.07, 6.45) is 0.456. The van der Waals surface area contributed by atoms with Crippen molar-refractivity contribution >= 4 is 39.1 Å². The molecular formula is C27H37Cl2N3O6S. The molecule has 0 radical (unpaired) electrons. The van der Waals surface area contributed by atoms with Gasteiger partial charge in [0.25, 0.3) is 0 Å². The van der Waals surface area contributed by atoms with Gasteiger partial charge in [0.1, 0.15) is 0 Å². The predicted molar refractivity (Wildman–Crippen MR) is 152 cm³/mol. The lowest BCUT2D eigenvalue weighted by Gasteiger charge is -2.33. The fourth-order valence-electron chi connectivity index (χ4n) is 4.29. The van der Waals surface area contributed by atoms with Gasteiger partial charge in [-0.15, -0.1) is 0 Å². The number of halogens is 2. The second-order valence-electron chi connectivity index (χ2n) is 9.22. The van der Waals surface area contributed by atoms with Crippen LogP contribution in [0.25, 0.3) is 0 Å². The van der Waals surface area contributed by atoms with Crippen molar-refractivity contribution in [2.45, 2.75) is 30.7 Å². The smallest absolute Gasteiger partial charge is 0.240 e. The maximum absolute atomic E-state index is 12.9. The van der Waals surface area contributed by atoms with Crippen LogP contribution in [0.4, 0.5) is 0 Å². The molecule has 1 aliphatic rings. The third-order valence-electron chi connectivity index (χ3n) is 6.24. The van der Waals surface area contributed by atoms with Gasteiger partial charge in [-0.1, -0.05) is 42.3 Å². The molecule has 2 N–H and O–H groups in total. The lowest BCUT2D eigenvalue weighted by molar-refractivity contribution is -0.121. The molecule has 9 nitrogen and oxygen atoms in total. The predicted octanol–water partition coefficient (Wildman–Crippen LogP) is 3.43. The van der Waals surface area contributed by atoms with E-state index >= 15 is 0 Å². The van der Waals surface area contributed by atoms with E-state index in [-0.39, 0.29) is 29.9 Å². The third-order valence-corrected chi connectivity index (χ3v) is 8.25. The van der Waals surface area contributed by atoms with Crippen molar-refractivity contribution in [2.24, 2.45) is 0 Å². The van der Waals surface area contributed by atoms with E-state index < -0.39 is 10.0 Å². The Hall–Kier alpha value is -1.76. The molecule has 0 aliphatic carbocycles. The van der Waals surface area contributed by atoms with Crippen molar-refractivity contribution in [2.75, 3.05) is 66.3 Å². The first-order valence-electron chi connectivity index (χ1n) is 13.0. The number of nitrogens with zero attached hydrogens (tertiary/aromatic N) is 1. The molecule has 1 amide bonds. The van der Waals surface area contributed by atoms with Crippen molar-refractivity contribution in [3.8, 4) is 0 Å². The van der Waals surface area contributed by atoms with Gasteiger partial charge in [0.15, 0.2) is 0 Å². The van der Waals surface area contributed by atoms with E-state index in [1.165, 1.54) is 0 Å². The number of likely N-dealkylation sites (N-methyl/N-ethyl adjacent to an activating group) is 1. The molecule has 39 heavy (non-hydrogen) atoms. The average molecular weight is 603 g/mol. The van der Waals surface area contributed by atoms with E-state index in [9.17, 15) is 13.2 Å². The Kier molecular flexibility index (Phi) is 12.9. The summed E-state index contributed by atoms with van der Waals surface area (Å²) in [5.41, 5.74) is 2.92. The molecule has 12 heteroatoms. The SMILES string of the molecule is CCC(=O)NCCOCCOCCOCCNS(=O)(=O)c1cccc([C@@H]2CN(C)Cc3c(Cl)cc(Cl)cc32)c1. The number of nitrogens with one attached hydrogen (secondary N) is 2. The largest absolute Gasteiger partial charge is 0.378 e. The van der Waals surface area contributed by atoms with Gasteiger partial charge in [-0.25, -0.2) is 13.1 Å². The molecule has 3 rings (SSSR count). The Morgan fingerprint density at radius 3 is 2.36 bits per heavy atom. The summed E-state index contributed by atoms with van der Waals surface area (Å²) in [5.74, 6) is -0.0568. The van der Waals surface area contributed by atoms with Crippen LogP contribution in [0.1, 0.15) is 36.0 Å². The zero-order valence-electron chi connectivity index (χ0n) is 22.4. The number of hydrogen-bond donors (Lipinski definition) is 2. The average Bonchev–Trinajstić information content (AvgIpc) is 2.91. The Bertz CT molecular complexity index is 1200. The maximum atomic E-state index is 12.9. The van der Waals surface area contributed by atoms with E-state index in [1.54, 1.807) is 31.2 Å². The fraction of sp³-hybridized carbons (Fsp3) is 0.519. The van der Waals surface area contributed by atoms with Crippen LogP contribution in [0, 0.1) is 0 Å². The molecule has 2 aromatic rings. The molecule has 0 fully saturated rings. The van der Waals surface area contributed by atoms with Crippen molar-refractivity contribution in [3.63, 3.8) is 0 Å². The Morgan fingerprint density at radius 2 is 1.67 bits per heavy atom. The van der Waals surface area contributed by atoms with Crippen molar-refractivity contribution in [1.29, 1.82) is 0 Å². The normalized spacial score (nSPS) is 15.7. The van der Waals surface area contributed by atoms with Gasteiger partial charge >= 0.3 is 0 Å². The van der Waals surface area contributed by atoms with Gasteiger partial charge in [0, 0.05) is 48.6 Å². The second-order valence-corrected chi connectivity index (χ2v) is 11.8. The van der Waals surface area contributed by atoms with Crippen molar-refractivity contribution in [3.05, 3.63) is 63.1 Å². The van der Waals surface area contributed by atoms with Gasteiger partial charge in [0.2, 0.25) is 15.9 Å². The number of carbonyl (C=O) groups is 1. The Morgan fingerprint density at radius 1 is 1.00 bits per heavy atom. The summed E-state index contributed by atoms with van der Waals surface area (Å²) in [6, 6.07) is 10.6. The summed E-state index contributed by atoms with van der Waals surface area (Å²) in [6.45, 7) is 6.03. The standard InChI is InChI=1S/C27H37Cl2N3O6S/c1-3-27(33)30-7-9-36-11-13-38-14-12-37-10-8-31-39(34,35)22-6-4-5-20(15-22)24-18-32(2)19-25-23(24)16-21(28)17-26(25)29/h4-6,15-17,24,31H,3,7-14,18-19H2,1-2H3,(H,30,33)/t24-/m0/s1. The number of fused-ring (bicyclic) bond motifs is 1. The second kappa shape index (κ2) is 15.9. The van der Waals surface area contributed by atoms with Crippen LogP contribution in [0.5, 0.6) is 0 Å². The number of rotatable bonds is 16. The minimum Gasteiger partial charge on any atom is -0.378 e. The van der Waals surface area contributed by atoms with Crippen LogP contribution in [0.15, 0.2) is 41.3 Å². The zero-order valence-corrected chi connectivity index (χ0v) is 24.7. The number of benzene rings is 2. The molecule has 0 saturated heterocycles. The van der Waals surface area contributed by atoms with Gasteiger partial charge in [-0.2, -0.15) is 0 Å². The van der Waals surface area contributed by atoms with Crippen LogP contribution < -0.4 is 10.0 Å². The first kappa shape index (κ1) is 31.8. The van der Waals surface area contributed by atoms with Crippen molar-refractivity contribution < 1.29 is 27.4 Å². The molecule has 0 bridgehead atoms. The maximum Gasteiger partial charge on any atom is 0.240 e. The van der Waals surface area contributed by atoms with Gasteiger partial charge in [-0.05, 0) is 48.0 Å². The highest BCUT2D eigenvalue weighted by molar-refractivity contribution is 7.89. The van der Waals surface area contributed by atoms with Crippen LogP contribution in [0.3, 0.4) is 0 Å². The molecule has 0 spiro atoms. The number of hydrogen-bond acceptors (Lipinski definition) is 7. The van der Waals surface area contributed by atoms with E-state index in [4.69, 9.17) is 37.4 Å². The molecule has 0 aromatic heterocycles. The third kappa shape index (κ3) is 9.98. The first-order chi connectivity index (χ1) is 18.7. The summed E-state index contributed by atoms with van der Waals surface area (Å²) >= 11 is 12.8. The summed E-state index contributed by atoms with van der Waals surface area (Å²) in [7, 11) is -1.70. The molecule has 0 unspecified atom stereocenters. The van der Waals surface area contributed by atoms with E-state index in [0.29, 0.717) is 62.6 Å². The zero-order chi connectivity index (χ0) is 28.3. The minimum absolute atomic E-state index is 0.00190. The highest BCUT2D eigenvalue weighted by atomic mass is 35.5. The Balaban J connectivity index is 1.40. The van der Waals surface area contributed by atoms with Gasteiger partial charge < -0.3 is 24.4 Å². The van der Waals surface area contributed by atoms with Gasteiger partial charge in [0.05, 0.1) is 44.5 Å². The molecule has 1 atom stereocenters. The van der Waals surface area contributed by atoms with E-state index in [2.05, 4.69) is 14.9 Å². The van der Waals surface area contributed by atoms with E-state index in [0.717, 1.165) is 23.2 Å². The van der Waals surface area contributed by atoms with Crippen LogP contribution in [-0.2, 0) is 35.6 Å². The fourth-order valence-corrected chi connectivity index (χ4v) is 5.93. The van der Waals surface area contributed by atoms with E-state index in [1.807, 2.05) is 19.2 Å². The number of sulfonamides is 1. The summed E-state index contributed by atoms with van der Waals surface area (Å²) < 4.78 is 44.7. The topological polar surface area (TPSA) is 106 Å². The van der Waals surface area contributed by atoms with Crippen molar-refractivity contribution in [1.82, 2.24) is 14.9 Å². The van der Waals surface area contributed by atoms with Gasteiger partial charge in [-0.3, -0.25) is 4.79 Å². The number of amides is 1. The highest BCUT2D eigenvalue weighted by Gasteiger charge is 2.28. The minimum atomic E-state index is -3.72. The molecular weight excluding hydrogens is 565 g/mol. The number of carbonyl (C=O) groups excluding carboxylic acids is 1. The monoisotopic (exact) mass is 601 g/mol. The quantitative estimate of drug-likeness (QED) is 0.284. The number of ether oxygens (including phenoxy) is 3. The molecule has 1 heterocycles. The van der Waals surface area contributed by atoms with Crippen LogP contribution in [0.2, 0.25) is 10.0 Å². The molecule has 216 valence electrons. The summed E-state index contributed by atoms with van der Waals surface area (Å²) in [5, 5.41) is 3.91. The first-order valence-corrected chi connectivity index (χ1v) is 15.2. The summed E-state index contributed by atoms with van der Waals surface area (Å²) in [4.78, 5) is 13.5. The molecule has 2 aromatic carbocycles. The van der Waals surface area contributed by atoms with Crippen LogP contribution >= 0.6 is 23.2 Å². The molecule has 0 saturated carbocycles. The van der Waals surface area contributed by atoms with Crippen LogP contribution in [-0.4, -0.2) is 85.5 Å². The Labute approximate surface area is 241 Å². The lowest BCUT2D eigenvalue weighted by atomic mass is 9.85. The lowest BCUT2D eigenvalue weighted by Crippen LogP contribution is -2.31. The highest BCUT2D eigenvalue weighted by Crippen LogP contribution is 2.38.